The fourth-order valence-electron chi connectivity index (χ4n) is 2.36. The summed E-state index contributed by atoms with van der Waals surface area (Å²) in [6, 6.07) is 5.60. The maximum atomic E-state index is 12.3. The lowest BCUT2D eigenvalue weighted by molar-refractivity contribution is -0.183. The van der Waals surface area contributed by atoms with E-state index in [0.29, 0.717) is 0 Å². The second-order valence-electron chi connectivity index (χ2n) is 4.45. The van der Waals surface area contributed by atoms with Gasteiger partial charge in [-0.3, -0.25) is 4.79 Å². The zero-order valence-electron chi connectivity index (χ0n) is 10.0. The van der Waals surface area contributed by atoms with Crippen molar-refractivity contribution in [3.8, 4) is 0 Å². The topological polar surface area (TPSA) is 94.8 Å². The van der Waals surface area contributed by atoms with Crippen molar-refractivity contribution in [1.82, 2.24) is 0 Å². The molecule has 106 valence electrons. The Morgan fingerprint density at radius 2 is 1.85 bits per heavy atom. The Morgan fingerprint density at radius 3 is 2.40 bits per heavy atom. The summed E-state index contributed by atoms with van der Waals surface area (Å²) in [6.45, 7) is 0. The molecule has 0 heterocycles. The van der Waals surface area contributed by atoms with Crippen molar-refractivity contribution < 1.29 is 24.9 Å². The quantitative estimate of drug-likeness (QED) is 0.787. The molecule has 0 radical (unpaired) electrons. The summed E-state index contributed by atoms with van der Waals surface area (Å²) in [6.07, 6.45) is 0.548. The van der Waals surface area contributed by atoms with Crippen molar-refractivity contribution in [1.29, 1.82) is 0 Å². The molecule has 1 aliphatic rings. The van der Waals surface area contributed by atoms with Gasteiger partial charge in [0, 0.05) is 17.5 Å². The fourth-order valence-corrected chi connectivity index (χ4v) is 2.52. The monoisotopic (exact) mass is 316 g/mol. The van der Waals surface area contributed by atoms with Gasteiger partial charge < -0.3 is 15.3 Å². The van der Waals surface area contributed by atoms with Crippen LogP contribution < -0.4 is 0 Å². The molecular weight excluding hydrogens is 307 g/mol. The predicted octanol–water partition coefficient (Wildman–Crippen LogP) is 1.60. The molecule has 0 bridgehead atoms. The van der Waals surface area contributed by atoms with Crippen LogP contribution in [0.15, 0.2) is 34.8 Å². The molecule has 2 atom stereocenters. The smallest absolute Gasteiger partial charge is 0.344 e. The van der Waals surface area contributed by atoms with E-state index in [-0.39, 0.29) is 15.6 Å². The summed E-state index contributed by atoms with van der Waals surface area (Å²) >= 11 is 10.8. The standard InChI is InChI=1S/C13H10Cl2O5/c14-9(15)5-6-12(19)10(16)7-3-1-2-4-8(7)13(12,20)11(17)18/h1-5,19-20H,6H2,(H,17,18)/t12-,13+/m0/s1. The van der Waals surface area contributed by atoms with E-state index in [1.165, 1.54) is 24.3 Å². The Kier molecular flexibility index (Phi) is 3.64. The number of Topliss-reactive ketones (excluding diaryl/α,β-unsaturated/α-hetero) is 1. The van der Waals surface area contributed by atoms with E-state index in [0.717, 1.165) is 6.08 Å². The molecule has 0 aliphatic heterocycles. The molecule has 1 aliphatic carbocycles. The molecule has 20 heavy (non-hydrogen) atoms. The number of ketones is 1. The number of aliphatic carboxylic acids is 1. The molecule has 2 rings (SSSR count). The highest BCUT2D eigenvalue weighted by Gasteiger charge is 2.66. The highest BCUT2D eigenvalue weighted by atomic mass is 35.5. The molecule has 0 spiro atoms. The average Bonchev–Trinajstić information content (AvgIpc) is 2.58. The second kappa shape index (κ2) is 4.86. The third-order valence-corrected chi connectivity index (χ3v) is 3.71. The van der Waals surface area contributed by atoms with Gasteiger partial charge in [0.15, 0.2) is 11.4 Å². The van der Waals surface area contributed by atoms with Gasteiger partial charge >= 0.3 is 5.97 Å². The maximum absolute atomic E-state index is 12.3. The number of benzene rings is 1. The first-order valence-electron chi connectivity index (χ1n) is 5.58. The molecule has 0 amide bonds. The molecule has 1 aromatic rings. The first kappa shape index (κ1) is 15.0. The van der Waals surface area contributed by atoms with Gasteiger partial charge in [-0.1, -0.05) is 53.5 Å². The van der Waals surface area contributed by atoms with Crippen LogP contribution in [0.1, 0.15) is 22.3 Å². The van der Waals surface area contributed by atoms with Crippen LogP contribution in [0, 0.1) is 0 Å². The van der Waals surface area contributed by atoms with Crippen molar-refractivity contribution in [3.05, 3.63) is 46.0 Å². The van der Waals surface area contributed by atoms with Crippen LogP contribution in [-0.4, -0.2) is 32.7 Å². The summed E-state index contributed by atoms with van der Waals surface area (Å²) < 4.78 is -0.241. The zero-order chi connectivity index (χ0) is 15.1. The molecule has 7 heteroatoms. The number of carbonyl (C=O) groups is 2. The van der Waals surface area contributed by atoms with Crippen LogP contribution in [0.5, 0.6) is 0 Å². The first-order chi connectivity index (χ1) is 9.25. The number of halogens is 2. The lowest BCUT2D eigenvalue weighted by Crippen LogP contribution is -2.56. The minimum Gasteiger partial charge on any atom is -0.479 e. The number of hydrogen-bond acceptors (Lipinski definition) is 4. The minimum absolute atomic E-state index is 0.0426. The molecule has 0 saturated heterocycles. The van der Waals surface area contributed by atoms with Crippen LogP contribution in [-0.2, 0) is 10.4 Å². The van der Waals surface area contributed by atoms with E-state index in [2.05, 4.69) is 0 Å². The summed E-state index contributed by atoms with van der Waals surface area (Å²) in [7, 11) is 0. The number of hydrogen-bond donors (Lipinski definition) is 3. The van der Waals surface area contributed by atoms with Crippen molar-refractivity contribution >= 4 is 35.0 Å². The Morgan fingerprint density at radius 1 is 1.25 bits per heavy atom. The van der Waals surface area contributed by atoms with Crippen LogP contribution in [0.2, 0.25) is 0 Å². The van der Waals surface area contributed by atoms with Gasteiger partial charge in [-0.2, -0.15) is 0 Å². The Bertz CT molecular complexity index is 623. The van der Waals surface area contributed by atoms with Crippen molar-refractivity contribution in [2.75, 3.05) is 0 Å². The average molecular weight is 317 g/mol. The fraction of sp³-hybridized carbons (Fsp3) is 0.231. The normalized spacial score (nSPS) is 28.1. The predicted molar refractivity (Wildman–Crippen MR) is 71.7 cm³/mol. The Labute approximate surface area is 124 Å². The van der Waals surface area contributed by atoms with Gasteiger partial charge in [-0.15, -0.1) is 0 Å². The van der Waals surface area contributed by atoms with E-state index in [4.69, 9.17) is 23.2 Å². The molecule has 0 saturated carbocycles. The largest absolute Gasteiger partial charge is 0.479 e. The molecular formula is C13H10Cl2O5. The summed E-state index contributed by atoms with van der Waals surface area (Å²) in [4.78, 5) is 23.7. The van der Waals surface area contributed by atoms with Crippen LogP contribution in [0.25, 0.3) is 0 Å². The SMILES string of the molecule is O=C1c2ccccc2[C@@](O)(C(=O)O)[C@]1(O)CC=C(Cl)Cl. The van der Waals surface area contributed by atoms with Crippen LogP contribution in [0.4, 0.5) is 0 Å². The number of carbonyl (C=O) groups excluding carboxylic acids is 1. The number of aliphatic hydroxyl groups is 2. The lowest BCUT2D eigenvalue weighted by Gasteiger charge is -2.32. The number of carboxylic acid groups (broad SMARTS) is 1. The van der Waals surface area contributed by atoms with E-state index in [9.17, 15) is 24.9 Å². The van der Waals surface area contributed by atoms with Gasteiger partial charge in [0.05, 0.1) is 0 Å². The van der Waals surface area contributed by atoms with Crippen molar-refractivity contribution in [3.63, 3.8) is 0 Å². The lowest BCUT2D eigenvalue weighted by atomic mass is 9.80. The zero-order valence-corrected chi connectivity index (χ0v) is 11.5. The van der Waals surface area contributed by atoms with Crippen LogP contribution in [0.3, 0.4) is 0 Å². The first-order valence-corrected chi connectivity index (χ1v) is 6.34. The number of fused-ring (bicyclic) bond motifs is 1. The maximum Gasteiger partial charge on any atom is 0.344 e. The Hall–Kier alpha value is -1.40. The third kappa shape index (κ3) is 1.86. The number of carboxylic acids is 1. The van der Waals surface area contributed by atoms with Gasteiger partial charge in [0.2, 0.25) is 5.60 Å². The molecule has 3 N–H and O–H groups in total. The van der Waals surface area contributed by atoms with Crippen molar-refractivity contribution in [2.24, 2.45) is 0 Å². The van der Waals surface area contributed by atoms with E-state index >= 15 is 0 Å². The molecule has 0 aromatic heterocycles. The van der Waals surface area contributed by atoms with E-state index in [1.54, 1.807) is 0 Å². The van der Waals surface area contributed by atoms with E-state index < -0.39 is 29.4 Å². The molecule has 5 nitrogen and oxygen atoms in total. The third-order valence-electron chi connectivity index (χ3n) is 3.40. The highest BCUT2D eigenvalue weighted by Crippen LogP contribution is 2.46. The minimum atomic E-state index is -2.75. The summed E-state index contributed by atoms with van der Waals surface area (Å²) in [5, 5.41) is 30.2. The van der Waals surface area contributed by atoms with Gasteiger partial charge in [-0.05, 0) is 0 Å². The molecule has 1 aromatic carbocycles. The summed E-state index contributed by atoms with van der Waals surface area (Å²) in [5.74, 6) is -2.61. The van der Waals surface area contributed by atoms with Crippen LogP contribution >= 0.6 is 23.2 Å². The van der Waals surface area contributed by atoms with Crippen molar-refractivity contribution in [2.45, 2.75) is 17.6 Å². The van der Waals surface area contributed by atoms with Gasteiger partial charge in [-0.25, -0.2) is 4.79 Å². The van der Waals surface area contributed by atoms with Gasteiger partial charge in [0.1, 0.15) is 4.49 Å². The molecule has 0 fully saturated rings. The second-order valence-corrected chi connectivity index (χ2v) is 5.46. The summed E-state index contributed by atoms with van der Waals surface area (Å²) in [5.41, 5.74) is -5.50. The number of rotatable bonds is 3. The van der Waals surface area contributed by atoms with Gasteiger partial charge in [0.25, 0.3) is 0 Å². The van der Waals surface area contributed by atoms with E-state index in [1.807, 2.05) is 0 Å². The molecule has 0 unspecified atom stereocenters. The Balaban J connectivity index is 2.67. The highest BCUT2D eigenvalue weighted by molar-refractivity contribution is 6.55.